The van der Waals surface area contributed by atoms with Gasteiger partial charge in [0.2, 0.25) is 0 Å². The first kappa shape index (κ1) is 19.4. The molecule has 1 heterocycles. The Balaban J connectivity index is 2.05. The Morgan fingerprint density at radius 1 is 1.11 bits per heavy atom. The Kier molecular flexibility index (Phi) is 5.04. The number of fused-ring (bicyclic) bond motifs is 3. The summed E-state index contributed by atoms with van der Waals surface area (Å²) in [5.41, 5.74) is 1.94. The minimum Gasteiger partial charge on any atom is -0.227 e. The Labute approximate surface area is 164 Å². The number of nitriles is 1. The van der Waals surface area contributed by atoms with Gasteiger partial charge in [-0.15, -0.1) is 17.3 Å². The van der Waals surface area contributed by atoms with Gasteiger partial charge in [-0.25, -0.2) is 8.42 Å². The number of nitrogens with zero attached hydrogens (tertiary/aromatic N) is 1. The highest BCUT2D eigenvalue weighted by Crippen LogP contribution is 2.36. The van der Waals surface area contributed by atoms with Crippen molar-refractivity contribution in [1.82, 2.24) is 0 Å². The number of hydrogen-bond acceptors (Lipinski definition) is 4. The summed E-state index contributed by atoms with van der Waals surface area (Å²) >= 11 is 1.72. The summed E-state index contributed by atoms with van der Waals surface area (Å²) in [6, 6.07) is 14.2. The van der Waals surface area contributed by atoms with Gasteiger partial charge in [0, 0.05) is 25.7 Å². The molecule has 0 unspecified atom stereocenters. The van der Waals surface area contributed by atoms with Crippen LogP contribution >= 0.6 is 11.3 Å². The van der Waals surface area contributed by atoms with Crippen LogP contribution in [0.1, 0.15) is 44.7 Å². The zero-order valence-corrected chi connectivity index (χ0v) is 17.5. The minimum absolute atomic E-state index is 0.0479. The number of hydrogen-bond donors (Lipinski definition) is 0. The molecule has 0 aliphatic heterocycles. The molecule has 0 radical (unpaired) electrons. The van der Waals surface area contributed by atoms with Gasteiger partial charge in [-0.3, -0.25) is 0 Å². The molecule has 3 aromatic rings. The Bertz CT molecular complexity index is 1230. The smallest absolute Gasteiger partial charge is 0.169 e. The van der Waals surface area contributed by atoms with Gasteiger partial charge < -0.3 is 0 Å². The zero-order valence-electron chi connectivity index (χ0n) is 15.8. The lowest BCUT2D eigenvalue weighted by Gasteiger charge is -2.20. The van der Waals surface area contributed by atoms with E-state index in [9.17, 15) is 13.7 Å². The molecule has 0 saturated heterocycles. The molecule has 0 amide bonds. The molecule has 5 heteroatoms. The second-order valence-corrected chi connectivity index (χ2v) is 10.9. The first-order valence-corrected chi connectivity index (χ1v) is 11.2. The van der Waals surface area contributed by atoms with Crippen LogP contribution in [0.15, 0.2) is 36.4 Å². The zero-order chi connectivity index (χ0) is 19.8. The van der Waals surface area contributed by atoms with Crippen molar-refractivity contribution in [3.05, 3.63) is 47.5 Å². The molecule has 27 heavy (non-hydrogen) atoms. The van der Waals surface area contributed by atoms with E-state index in [4.69, 9.17) is 0 Å². The van der Waals surface area contributed by atoms with Crippen molar-refractivity contribution >= 4 is 41.3 Å². The molecule has 0 N–H and O–H groups in total. The Morgan fingerprint density at radius 2 is 1.74 bits per heavy atom. The van der Waals surface area contributed by atoms with Crippen molar-refractivity contribution in [2.45, 2.75) is 38.4 Å². The van der Waals surface area contributed by atoms with Gasteiger partial charge in [-0.05, 0) is 62.6 Å². The molecule has 0 aliphatic rings. The normalized spacial score (nSPS) is 13.1. The fourth-order valence-corrected chi connectivity index (χ4v) is 5.50. The first-order valence-electron chi connectivity index (χ1n) is 8.71. The quantitative estimate of drug-likeness (QED) is 0.567. The highest BCUT2D eigenvalue weighted by Gasteiger charge is 2.35. The number of benzene rings is 2. The van der Waals surface area contributed by atoms with Gasteiger partial charge in [-0.2, -0.15) is 5.26 Å². The van der Waals surface area contributed by atoms with Gasteiger partial charge in [0.15, 0.2) is 14.6 Å². The lowest BCUT2D eigenvalue weighted by molar-refractivity contribution is 0.568. The molecule has 3 nitrogen and oxygen atoms in total. The monoisotopic (exact) mass is 395 g/mol. The van der Waals surface area contributed by atoms with Crippen LogP contribution in [0, 0.1) is 23.2 Å². The van der Waals surface area contributed by atoms with Crippen molar-refractivity contribution in [3.8, 4) is 17.9 Å². The van der Waals surface area contributed by atoms with Gasteiger partial charge in [0.25, 0.3) is 0 Å². The van der Waals surface area contributed by atoms with Crippen LogP contribution in [0.4, 0.5) is 0 Å². The summed E-state index contributed by atoms with van der Waals surface area (Å²) in [6.45, 7) is 6.63. The van der Waals surface area contributed by atoms with Crippen molar-refractivity contribution in [1.29, 1.82) is 5.26 Å². The van der Waals surface area contributed by atoms with E-state index < -0.39 is 14.6 Å². The van der Waals surface area contributed by atoms with Crippen LogP contribution < -0.4 is 0 Å². The van der Waals surface area contributed by atoms with Crippen LogP contribution in [0.25, 0.3) is 20.2 Å². The van der Waals surface area contributed by atoms with E-state index in [0.717, 1.165) is 21.9 Å². The van der Waals surface area contributed by atoms with Crippen LogP contribution in [-0.4, -0.2) is 18.9 Å². The van der Waals surface area contributed by atoms with E-state index in [2.05, 4.69) is 36.1 Å². The van der Waals surface area contributed by atoms with E-state index in [1.807, 2.05) is 32.0 Å². The van der Waals surface area contributed by atoms with Crippen molar-refractivity contribution < 1.29 is 8.42 Å². The molecular weight excluding hydrogens is 374 g/mol. The highest BCUT2D eigenvalue weighted by molar-refractivity contribution is 7.93. The topological polar surface area (TPSA) is 57.9 Å². The average molecular weight is 396 g/mol. The third-order valence-electron chi connectivity index (χ3n) is 4.85. The van der Waals surface area contributed by atoms with Crippen LogP contribution in [0.2, 0.25) is 0 Å². The predicted molar refractivity (Wildman–Crippen MR) is 114 cm³/mol. The molecular formula is C22H21NO2S2. The summed E-state index contributed by atoms with van der Waals surface area (Å²) in [5.74, 6) is 5.77. The number of sulfone groups is 1. The van der Waals surface area contributed by atoms with Crippen LogP contribution in [0.3, 0.4) is 0 Å². The second kappa shape index (κ2) is 7.00. The summed E-state index contributed by atoms with van der Waals surface area (Å²) in [4.78, 5) is 0. The molecule has 3 rings (SSSR count). The maximum absolute atomic E-state index is 12.6. The van der Waals surface area contributed by atoms with Crippen molar-refractivity contribution in [2.24, 2.45) is 0 Å². The van der Waals surface area contributed by atoms with Gasteiger partial charge in [0.05, 0.1) is 11.8 Å². The third kappa shape index (κ3) is 3.58. The molecule has 0 bridgehead atoms. The molecule has 2 aromatic carbocycles. The van der Waals surface area contributed by atoms with Crippen molar-refractivity contribution in [3.63, 3.8) is 0 Å². The fourth-order valence-electron chi connectivity index (χ4n) is 3.03. The molecule has 1 atom stereocenters. The lowest BCUT2D eigenvalue weighted by Crippen LogP contribution is -2.33. The summed E-state index contributed by atoms with van der Waals surface area (Å²) in [6.07, 6.45) is 0. The van der Waals surface area contributed by atoms with E-state index in [-0.39, 0.29) is 11.7 Å². The average Bonchev–Trinajstić information content (AvgIpc) is 2.98. The largest absolute Gasteiger partial charge is 0.227 e. The summed E-state index contributed by atoms with van der Waals surface area (Å²) in [5, 5.41) is 11.4. The number of thiophene rings is 1. The number of rotatable bonds is 4. The minimum atomic E-state index is -3.53. The molecule has 1 aromatic heterocycles. The van der Waals surface area contributed by atoms with Crippen LogP contribution in [0.5, 0.6) is 0 Å². The highest BCUT2D eigenvalue weighted by atomic mass is 32.2. The van der Waals surface area contributed by atoms with Gasteiger partial charge >= 0.3 is 0 Å². The molecule has 0 aliphatic carbocycles. The maximum atomic E-state index is 12.6. The molecule has 0 fully saturated rings. The predicted octanol–water partition coefficient (Wildman–Crippen LogP) is 5.25. The molecule has 0 saturated carbocycles. The molecule has 0 spiro atoms. The van der Waals surface area contributed by atoms with E-state index in [0.29, 0.717) is 0 Å². The third-order valence-corrected chi connectivity index (χ3v) is 8.58. The fraction of sp³-hybridized carbons (Fsp3) is 0.318. The standard InChI is InChI=1S/C22H21NO2S2/c1-5-6-16-7-9-20-18(11-16)19-12-17(8-10-21(19)26-20)15(2)13-27(24,25)22(3,4)14-23/h7-12,15H,13H2,1-4H3/t15-/m1/s1. The first-order chi connectivity index (χ1) is 12.7. The van der Waals surface area contributed by atoms with Crippen molar-refractivity contribution in [2.75, 3.05) is 5.75 Å². The van der Waals surface area contributed by atoms with E-state index in [1.165, 1.54) is 23.2 Å². The van der Waals surface area contributed by atoms with E-state index in [1.54, 1.807) is 11.3 Å². The maximum Gasteiger partial charge on any atom is 0.169 e. The SMILES string of the molecule is CC#Cc1ccc2sc3ccc([C@H](C)CS(=O)(=O)C(C)(C)C#N)cc3c2c1. The molecule has 138 valence electrons. The van der Waals surface area contributed by atoms with Crippen LogP contribution in [-0.2, 0) is 9.84 Å². The van der Waals surface area contributed by atoms with Gasteiger partial charge in [-0.1, -0.05) is 18.9 Å². The second-order valence-electron chi connectivity index (χ2n) is 7.25. The summed E-state index contributed by atoms with van der Waals surface area (Å²) in [7, 11) is -3.53. The Morgan fingerprint density at radius 3 is 2.37 bits per heavy atom. The van der Waals surface area contributed by atoms with Gasteiger partial charge in [0.1, 0.15) is 0 Å². The van der Waals surface area contributed by atoms with E-state index >= 15 is 0 Å². The lowest BCUT2D eigenvalue weighted by atomic mass is 10.00. The Hall–Kier alpha value is -2.34. The summed E-state index contributed by atoms with van der Waals surface area (Å²) < 4.78 is 26.1.